The smallest absolute Gasteiger partial charge is 0.336 e. The molecule has 2 saturated carbocycles. The quantitative estimate of drug-likeness (QED) is 0.599. The second-order valence-corrected chi connectivity index (χ2v) is 8.28. The molecule has 1 atom stereocenters. The van der Waals surface area contributed by atoms with Crippen molar-refractivity contribution in [1.29, 1.82) is 0 Å². The lowest BCUT2D eigenvalue weighted by molar-refractivity contribution is -0.139. The summed E-state index contributed by atoms with van der Waals surface area (Å²) in [7, 11) is 0. The van der Waals surface area contributed by atoms with Gasteiger partial charge in [0.25, 0.3) is 0 Å². The van der Waals surface area contributed by atoms with Crippen LogP contribution in [0.1, 0.15) is 51.4 Å². The number of aliphatic carboxylic acids is 2. The van der Waals surface area contributed by atoms with E-state index in [4.69, 9.17) is 11.5 Å². The largest absolute Gasteiger partial charge is 0.481 e. The van der Waals surface area contributed by atoms with Gasteiger partial charge in [-0.2, -0.15) is 0 Å². The van der Waals surface area contributed by atoms with Gasteiger partial charge in [-0.15, -0.1) is 0 Å². The van der Waals surface area contributed by atoms with Crippen LogP contribution in [0.2, 0.25) is 0 Å². The Morgan fingerprint density at radius 1 is 0.889 bits per heavy atom. The van der Waals surface area contributed by atoms with Crippen molar-refractivity contribution >= 4 is 11.9 Å². The van der Waals surface area contributed by atoms with Gasteiger partial charge in [0.15, 0.2) is 0 Å². The van der Waals surface area contributed by atoms with Crippen LogP contribution in [-0.4, -0.2) is 34.2 Å². The first kappa shape index (κ1) is 19.8. The standard InChI is InChI=1S/C21H30N2O4/c1-11-16(20(24)25)10-17(12-2-6-14(22)7-3-12)19(21(26)27)18(11)13-4-8-15(23)9-5-13/h10,12-16H,1-9,22-23H2,(H,24,25)(H,26,27). The van der Waals surface area contributed by atoms with Crippen molar-refractivity contribution in [2.24, 2.45) is 29.2 Å². The van der Waals surface area contributed by atoms with E-state index in [1.54, 1.807) is 6.08 Å². The minimum absolute atomic E-state index is 0.0137. The Kier molecular flexibility index (Phi) is 5.86. The van der Waals surface area contributed by atoms with Crippen molar-refractivity contribution in [2.45, 2.75) is 63.5 Å². The van der Waals surface area contributed by atoms with Gasteiger partial charge < -0.3 is 21.7 Å². The first-order chi connectivity index (χ1) is 12.8. The first-order valence-corrected chi connectivity index (χ1v) is 9.92. The SMILES string of the molecule is C=C1C(C2CCC(N)CC2)=C(C(=O)O)C(C2CCC(N)CC2)=CC1C(=O)O. The normalized spacial score (nSPS) is 35.0. The predicted molar refractivity (Wildman–Crippen MR) is 103 cm³/mol. The van der Waals surface area contributed by atoms with Crippen molar-refractivity contribution in [3.05, 3.63) is 34.9 Å². The second kappa shape index (κ2) is 7.98. The van der Waals surface area contributed by atoms with Gasteiger partial charge in [0, 0.05) is 12.1 Å². The molecule has 0 saturated heterocycles. The van der Waals surface area contributed by atoms with E-state index in [-0.39, 0.29) is 23.9 Å². The highest BCUT2D eigenvalue weighted by molar-refractivity contribution is 5.96. The molecule has 0 aromatic rings. The third-order valence-corrected chi connectivity index (χ3v) is 6.50. The lowest BCUT2D eigenvalue weighted by Crippen LogP contribution is -2.34. The number of hydrogen-bond donors (Lipinski definition) is 4. The fraction of sp³-hybridized carbons (Fsp3) is 0.619. The second-order valence-electron chi connectivity index (χ2n) is 8.28. The highest BCUT2D eigenvalue weighted by Crippen LogP contribution is 2.46. The maximum absolute atomic E-state index is 12.3. The molecule has 6 nitrogen and oxygen atoms in total. The Hall–Kier alpha value is -1.92. The molecule has 0 aliphatic heterocycles. The van der Waals surface area contributed by atoms with Crippen molar-refractivity contribution in [3.63, 3.8) is 0 Å². The monoisotopic (exact) mass is 374 g/mol. The zero-order valence-corrected chi connectivity index (χ0v) is 15.7. The average Bonchev–Trinajstić information content (AvgIpc) is 2.62. The molecule has 148 valence electrons. The van der Waals surface area contributed by atoms with Crippen LogP contribution in [0, 0.1) is 17.8 Å². The molecule has 0 spiro atoms. The predicted octanol–water partition coefficient (Wildman–Crippen LogP) is 2.60. The summed E-state index contributed by atoms with van der Waals surface area (Å²) in [4.78, 5) is 24.2. The van der Waals surface area contributed by atoms with Crippen LogP contribution < -0.4 is 11.5 Å². The molecular weight excluding hydrogens is 344 g/mol. The maximum atomic E-state index is 12.3. The van der Waals surface area contributed by atoms with E-state index >= 15 is 0 Å². The molecular formula is C21H30N2O4. The van der Waals surface area contributed by atoms with E-state index in [2.05, 4.69) is 6.58 Å². The molecule has 0 aromatic heterocycles. The lowest BCUT2D eigenvalue weighted by atomic mass is 9.67. The van der Waals surface area contributed by atoms with Crippen LogP contribution in [-0.2, 0) is 9.59 Å². The summed E-state index contributed by atoms with van der Waals surface area (Å²) >= 11 is 0. The number of carboxylic acid groups (broad SMARTS) is 2. The summed E-state index contributed by atoms with van der Waals surface area (Å²) in [6.45, 7) is 4.02. The Labute approximate surface area is 160 Å². The fourth-order valence-electron chi connectivity index (χ4n) is 4.95. The van der Waals surface area contributed by atoms with E-state index in [0.717, 1.165) is 51.4 Å². The third kappa shape index (κ3) is 4.01. The van der Waals surface area contributed by atoms with E-state index in [1.807, 2.05) is 0 Å². The van der Waals surface area contributed by atoms with E-state index in [1.165, 1.54) is 0 Å². The van der Waals surface area contributed by atoms with Crippen LogP contribution in [0.4, 0.5) is 0 Å². The molecule has 0 bridgehead atoms. The van der Waals surface area contributed by atoms with Crippen molar-refractivity contribution in [2.75, 3.05) is 0 Å². The van der Waals surface area contributed by atoms with Gasteiger partial charge in [-0.3, -0.25) is 4.79 Å². The maximum Gasteiger partial charge on any atom is 0.336 e. The molecule has 0 aromatic carbocycles. The molecule has 3 rings (SSSR count). The first-order valence-electron chi connectivity index (χ1n) is 9.92. The van der Waals surface area contributed by atoms with Crippen molar-refractivity contribution < 1.29 is 19.8 Å². The van der Waals surface area contributed by atoms with Crippen molar-refractivity contribution in [3.8, 4) is 0 Å². The van der Waals surface area contributed by atoms with Gasteiger partial charge in [-0.25, -0.2) is 4.79 Å². The Balaban J connectivity index is 2.05. The summed E-state index contributed by atoms with van der Waals surface area (Å²) in [5.41, 5.74) is 14.1. The minimum Gasteiger partial charge on any atom is -0.481 e. The van der Waals surface area contributed by atoms with Crippen LogP contribution in [0.15, 0.2) is 34.9 Å². The number of carbonyl (C=O) groups is 2. The molecule has 6 heteroatoms. The molecule has 2 fully saturated rings. The van der Waals surface area contributed by atoms with E-state index < -0.39 is 17.9 Å². The summed E-state index contributed by atoms with van der Waals surface area (Å²) < 4.78 is 0. The summed E-state index contributed by atoms with van der Waals surface area (Å²) in [6, 6.07) is 0.282. The Morgan fingerprint density at radius 2 is 1.37 bits per heavy atom. The number of allylic oxidation sites excluding steroid dienone is 1. The van der Waals surface area contributed by atoms with Crippen LogP contribution in [0.3, 0.4) is 0 Å². The molecule has 6 N–H and O–H groups in total. The molecule has 3 aliphatic carbocycles. The van der Waals surface area contributed by atoms with Gasteiger partial charge in [-0.05, 0) is 79.9 Å². The van der Waals surface area contributed by atoms with Crippen LogP contribution >= 0.6 is 0 Å². The zero-order chi connectivity index (χ0) is 19.7. The van der Waals surface area contributed by atoms with E-state index in [9.17, 15) is 19.8 Å². The Morgan fingerprint density at radius 3 is 1.81 bits per heavy atom. The fourth-order valence-corrected chi connectivity index (χ4v) is 4.95. The zero-order valence-electron chi connectivity index (χ0n) is 15.7. The molecule has 0 amide bonds. The van der Waals surface area contributed by atoms with Crippen LogP contribution in [0.5, 0.6) is 0 Å². The number of rotatable bonds is 4. The number of hydrogen-bond acceptors (Lipinski definition) is 4. The molecule has 0 heterocycles. The van der Waals surface area contributed by atoms with Gasteiger partial charge >= 0.3 is 11.9 Å². The van der Waals surface area contributed by atoms with Crippen LogP contribution in [0.25, 0.3) is 0 Å². The van der Waals surface area contributed by atoms with Gasteiger partial charge in [-0.1, -0.05) is 12.7 Å². The lowest BCUT2D eigenvalue weighted by Gasteiger charge is -2.37. The highest BCUT2D eigenvalue weighted by atomic mass is 16.4. The third-order valence-electron chi connectivity index (χ3n) is 6.50. The average molecular weight is 374 g/mol. The summed E-state index contributed by atoms with van der Waals surface area (Å²) in [5, 5.41) is 19.8. The summed E-state index contributed by atoms with van der Waals surface area (Å²) in [6.07, 6.45) is 8.10. The molecule has 0 radical (unpaired) electrons. The molecule has 27 heavy (non-hydrogen) atoms. The van der Waals surface area contributed by atoms with Gasteiger partial charge in [0.05, 0.1) is 5.57 Å². The highest BCUT2D eigenvalue weighted by Gasteiger charge is 2.39. The number of nitrogens with two attached hydrogens (primary N) is 2. The molecule has 1 unspecified atom stereocenters. The van der Waals surface area contributed by atoms with Gasteiger partial charge in [0.2, 0.25) is 0 Å². The van der Waals surface area contributed by atoms with Crippen molar-refractivity contribution in [1.82, 2.24) is 0 Å². The summed E-state index contributed by atoms with van der Waals surface area (Å²) in [5.74, 6) is -2.75. The number of carboxylic acids is 2. The van der Waals surface area contributed by atoms with E-state index in [0.29, 0.717) is 22.3 Å². The topological polar surface area (TPSA) is 127 Å². The minimum atomic E-state index is -0.981. The van der Waals surface area contributed by atoms with Gasteiger partial charge in [0.1, 0.15) is 5.92 Å². The Bertz CT molecular complexity index is 693. The molecule has 3 aliphatic rings.